The maximum Gasteiger partial charge on any atom is 0.0476 e. The molecule has 0 aromatic rings. The first-order chi connectivity index (χ1) is 7.69. The second kappa shape index (κ2) is 6.62. The minimum Gasteiger partial charge on any atom is -0.550 e. The molecule has 17 heavy (non-hydrogen) atoms. The summed E-state index contributed by atoms with van der Waals surface area (Å²) < 4.78 is 0. The average Bonchev–Trinajstić information content (AvgIpc) is 2.11. The van der Waals surface area contributed by atoms with E-state index < -0.39 is 17.4 Å². The average molecular weight is 242 g/mol. The number of carbonyl (C=O) groups is 2. The van der Waals surface area contributed by atoms with Crippen LogP contribution in [0.4, 0.5) is 0 Å². The fourth-order valence-corrected chi connectivity index (χ4v) is 2.46. The van der Waals surface area contributed by atoms with Crippen LogP contribution in [0, 0.1) is 17.3 Å². The Bertz CT molecular complexity index is 259. The lowest BCUT2D eigenvalue weighted by Crippen LogP contribution is -2.45. The Balaban J connectivity index is 4.94. The Hall–Kier alpha value is -1.06. The van der Waals surface area contributed by atoms with Crippen molar-refractivity contribution < 1.29 is 19.8 Å². The molecule has 0 aromatic carbocycles. The predicted molar refractivity (Wildman–Crippen MR) is 60.6 cm³/mol. The smallest absolute Gasteiger partial charge is 0.0476 e. The zero-order chi connectivity index (χ0) is 13.6. The van der Waals surface area contributed by atoms with Crippen LogP contribution in [0.2, 0.25) is 0 Å². The highest BCUT2D eigenvalue weighted by Crippen LogP contribution is 2.37. The highest BCUT2D eigenvalue weighted by Gasteiger charge is 2.33. The minimum atomic E-state index is -1.21. The topological polar surface area (TPSA) is 80.3 Å². The summed E-state index contributed by atoms with van der Waals surface area (Å²) in [6, 6.07) is 0. The van der Waals surface area contributed by atoms with Gasteiger partial charge in [0.2, 0.25) is 0 Å². The van der Waals surface area contributed by atoms with E-state index in [-0.39, 0.29) is 24.7 Å². The van der Waals surface area contributed by atoms with Crippen molar-refractivity contribution in [2.75, 3.05) is 0 Å². The Morgan fingerprint density at radius 1 is 1.00 bits per heavy atom. The van der Waals surface area contributed by atoms with Crippen LogP contribution in [0.5, 0.6) is 0 Å². The molecule has 0 rings (SSSR count). The first-order valence-electron chi connectivity index (χ1n) is 6.11. The molecule has 0 saturated heterocycles. The maximum atomic E-state index is 11.4. The number of carboxylic acids is 2. The molecule has 0 N–H and O–H groups in total. The molecule has 0 saturated carbocycles. The Morgan fingerprint density at radius 3 is 1.65 bits per heavy atom. The van der Waals surface area contributed by atoms with Crippen molar-refractivity contribution in [3.05, 3.63) is 0 Å². The molecule has 0 unspecified atom stereocenters. The molecule has 0 heterocycles. The maximum absolute atomic E-state index is 11.4. The van der Waals surface area contributed by atoms with Gasteiger partial charge in [-0.1, -0.05) is 27.7 Å². The molecule has 4 nitrogen and oxygen atoms in total. The molecule has 0 aromatic heterocycles. The van der Waals surface area contributed by atoms with Gasteiger partial charge in [0.05, 0.1) is 0 Å². The number of hydrogen-bond acceptors (Lipinski definition) is 4. The molecule has 100 valence electrons. The molecule has 0 amide bonds. The molecule has 0 bridgehead atoms. The van der Waals surface area contributed by atoms with Gasteiger partial charge in [-0.3, -0.25) is 0 Å². The van der Waals surface area contributed by atoms with Gasteiger partial charge in [-0.25, -0.2) is 0 Å². The van der Waals surface area contributed by atoms with Gasteiger partial charge in [-0.15, -0.1) is 0 Å². The van der Waals surface area contributed by atoms with Crippen molar-refractivity contribution in [3.63, 3.8) is 0 Å². The van der Waals surface area contributed by atoms with E-state index in [1.807, 2.05) is 27.7 Å². The lowest BCUT2D eigenvalue weighted by Gasteiger charge is -2.38. The van der Waals surface area contributed by atoms with E-state index in [4.69, 9.17) is 0 Å². The molecule has 0 atom stereocenters. The zero-order valence-corrected chi connectivity index (χ0v) is 11.1. The highest BCUT2D eigenvalue weighted by atomic mass is 16.4. The van der Waals surface area contributed by atoms with Gasteiger partial charge in [0.15, 0.2) is 0 Å². The van der Waals surface area contributed by atoms with Crippen molar-refractivity contribution in [1.82, 2.24) is 0 Å². The number of carbonyl (C=O) groups excluding carboxylic acids is 2. The van der Waals surface area contributed by atoms with Crippen molar-refractivity contribution in [2.24, 2.45) is 17.3 Å². The predicted octanol–water partition coefficient (Wildman–Crippen LogP) is 0.345. The monoisotopic (exact) mass is 242 g/mol. The van der Waals surface area contributed by atoms with Gasteiger partial charge in [0, 0.05) is 17.4 Å². The van der Waals surface area contributed by atoms with Gasteiger partial charge in [-0.2, -0.15) is 0 Å². The number of rotatable bonds is 8. The first-order valence-corrected chi connectivity index (χ1v) is 6.11. The molecular weight excluding hydrogens is 220 g/mol. The summed E-state index contributed by atoms with van der Waals surface area (Å²) in [5.74, 6) is -1.97. The second-order valence-electron chi connectivity index (χ2n) is 5.64. The SMILES string of the molecule is CC(C)CC(CCC(=O)[O-])(CC(C)C)C(=O)[O-]. The van der Waals surface area contributed by atoms with Crippen molar-refractivity contribution in [2.45, 2.75) is 53.4 Å². The Labute approximate surface area is 103 Å². The quantitative estimate of drug-likeness (QED) is 0.615. The lowest BCUT2D eigenvalue weighted by atomic mass is 9.71. The third-order valence-corrected chi connectivity index (χ3v) is 2.84. The number of aliphatic carboxylic acids is 2. The molecule has 0 aliphatic heterocycles. The standard InChI is InChI=1S/C13H24O4/c1-9(2)7-13(12(16)17,8-10(3)4)6-5-11(14)15/h9-10H,5-8H2,1-4H3,(H,14,15)(H,16,17)/p-2. The van der Waals surface area contributed by atoms with E-state index in [2.05, 4.69) is 0 Å². The van der Waals surface area contributed by atoms with Crippen LogP contribution in [0.3, 0.4) is 0 Å². The molecule has 0 aliphatic rings. The summed E-state index contributed by atoms with van der Waals surface area (Å²) >= 11 is 0. The van der Waals surface area contributed by atoms with Crippen LogP contribution in [-0.4, -0.2) is 11.9 Å². The summed E-state index contributed by atoms with van der Waals surface area (Å²) in [5.41, 5.74) is -1.04. The third kappa shape index (κ3) is 5.71. The zero-order valence-electron chi connectivity index (χ0n) is 11.1. The summed E-state index contributed by atoms with van der Waals surface area (Å²) in [7, 11) is 0. The molecular formula is C13H22O4-2. The molecule has 0 aliphatic carbocycles. The van der Waals surface area contributed by atoms with Gasteiger partial charge >= 0.3 is 0 Å². The number of hydrogen-bond donors (Lipinski definition) is 0. The van der Waals surface area contributed by atoms with Crippen molar-refractivity contribution >= 4 is 11.9 Å². The fourth-order valence-electron chi connectivity index (χ4n) is 2.46. The number of carboxylic acid groups (broad SMARTS) is 2. The molecule has 0 fully saturated rings. The van der Waals surface area contributed by atoms with Crippen LogP contribution in [0.1, 0.15) is 53.4 Å². The highest BCUT2D eigenvalue weighted by molar-refractivity contribution is 5.74. The van der Waals surface area contributed by atoms with Gasteiger partial charge in [-0.05, 0) is 37.5 Å². The summed E-state index contributed by atoms with van der Waals surface area (Å²) in [5, 5.41) is 21.9. The minimum absolute atomic E-state index is 0.0913. The largest absolute Gasteiger partial charge is 0.550 e. The van der Waals surface area contributed by atoms with E-state index in [0.717, 1.165) is 0 Å². The first kappa shape index (κ1) is 15.9. The van der Waals surface area contributed by atoms with Gasteiger partial charge in [0.1, 0.15) is 0 Å². The van der Waals surface area contributed by atoms with Crippen molar-refractivity contribution in [1.29, 1.82) is 0 Å². The Kier molecular flexibility index (Phi) is 6.21. The van der Waals surface area contributed by atoms with E-state index in [1.165, 1.54) is 0 Å². The molecule has 0 radical (unpaired) electrons. The lowest BCUT2D eigenvalue weighted by molar-refractivity contribution is -0.322. The van der Waals surface area contributed by atoms with E-state index in [0.29, 0.717) is 12.8 Å². The van der Waals surface area contributed by atoms with Gasteiger partial charge in [0.25, 0.3) is 0 Å². The van der Waals surface area contributed by atoms with Crippen LogP contribution in [0.25, 0.3) is 0 Å². The fraction of sp³-hybridized carbons (Fsp3) is 0.846. The van der Waals surface area contributed by atoms with Crippen LogP contribution in [0.15, 0.2) is 0 Å². The van der Waals surface area contributed by atoms with Crippen molar-refractivity contribution in [3.8, 4) is 0 Å². The van der Waals surface area contributed by atoms with Crippen LogP contribution >= 0.6 is 0 Å². The normalized spacial score (nSPS) is 12.1. The second-order valence-corrected chi connectivity index (χ2v) is 5.64. The molecule has 0 spiro atoms. The Morgan fingerprint density at radius 2 is 1.41 bits per heavy atom. The van der Waals surface area contributed by atoms with Gasteiger partial charge < -0.3 is 19.8 Å². The summed E-state index contributed by atoms with van der Waals surface area (Å²) in [6.45, 7) is 7.71. The van der Waals surface area contributed by atoms with E-state index >= 15 is 0 Å². The third-order valence-electron chi connectivity index (χ3n) is 2.84. The summed E-state index contributed by atoms with van der Waals surface area (Å²) in [4.78, 5) is 21.9. The van der Waals surface area contributed by atoms with Crippen LogP contribution in [-0.2, 0) is 9.59 Å². The molecule has 4 heteroatoms. The summed E-state index contributed by atoms with van der Waals surface area (Å²) in [6.07, 6.45) is 0.753. The van der Waals surface area contributed by atoms with E-state index in [9.17, 15) is 19.8 Å². The van der Waals surface area contributed by atoms with Crippen LogP contribution < -0.4 is 10.2 Å². The van der Waals surface area contributed by atoms with E-state index in [1.54, 1.807) is 0 Å².